The largest absolute Gasteiger partial charge is 0.490 e. The fourth-order valence-corrected chi connectivity index (χ4v) is 3.36. The number of thiazole rings is 1. The second kappa shape index (κ2) is 11.1. The molecule has 3 aromatic rings. The molecule has 0 spiro atoms. The van der Waals surface area contributed by atoms with Gasteiger partial charge in [-0.1, -0.05) is 13.3 Å². The van der Waals surface area contributed by atoms with Gasteiger partial charge in [-0.25, -0.2) is 4.98 Å². The fraction of sp³-hybridized carbons (Fsp3) is 0.273. The molecule has 162 valence electrons. The quantitative estimate of drug-likeness (QED) is 0.177. The lowest BCUT2D eigenvalue weighted by molar-refractivity contribution is -0.384. The summed E-state index contributed by atoms with van der Waals surface area (Å²) in [5.41, 5.74) is 5.37. The fourth-order valence-electron chi connectivity index (χ4n) is 2.69. The second-order valence-corrected chi connectivity index (χ2v) is 7.41. The Bertz CT molecular complexity index is 1030. The minimum atomic E-state index is -0.423. The third-order valence-corrected chi connectivity index (χ3v) is 5.02. The zero-order chi connectivity index (χ0) is 22.1. The minimum absolute atomic E-state index is 0.0510. The molecule has 31 heavy (non-hydrogen) atoms. The molecule has 0 radical (unpaired) electrons. The molecule has 0 fully saturated rings. The van der Waals surface area contributed by atoms with Gasteiger partial charge in [-0.05, 0) is 49.2 Å². The lowest BCUT2D eigenvalue weighted by Crippen LogP contribution is -2.01. The number of nitro benzene ring substituents is 1. The summed E-state index contributed by atoms with van der Waals surface area (Å²) < 4.78 is 11.5. The van der Waals surface area contributed by atoms with Crippen LogP contribution in [0.5, 0.6) is 11.5 Å². The number of hydrazone groups is 1. The van der Waals surface area contributed by atoms with Crippen LogP contribution in [0.2, 0.25) is 0 Å². The van der Waals surface area contributed by atoms with E-state index in [1.54, 1.807) is 18.3 Å². The van der Waals surface area contributed by atoms with Crippen molar-refractivity contribution in [2.75, 3.05) is 18.6 Å². The average Bonchev–Trinajstić information content (AvgIpc) is 3.24. The Hall–Kier alpha value is -3.46. The SMILES string of the molecule is CCCCOc1ccc(/C=N/Nc2nc(-c3ccc([N+](=O)[O-])cc3)cs2)cc1OCC. The summed E-state index contributed by atoms with van der Waals surface area (Å²) in [6, 6.07) is 12.0. The van der Waals surface area contributed by atoms with Gasteiger partial charge in [0.15, 0.2) is 11.5 Å². The monoisotopic (exact) mass is 440 g/mol. The van der Waals surface area contributed by atoms with Crippen LogP contribution >= 0.6 is 11.3 Å². The van der Waals surface area contributed by atoms with Crippen LogP contribution in [-0.4, -0.2) is 29.3 Å². The number of nitrogens with one attached hydrogen (secondary N) is 1. The Balaban J connectivity index is 1.63. The number of nitro groups is 1. The third-order valence-electron chi connectivity index (χ3n) is 4.27. The van der Waals surface area contributed by atoms with Crippen LogP contribution in [0.3, 0.4) is 0 Å². The zero-order valence-corrected chi connectivity index (χ0v) is 18.2. The summed E-state index contributed by atoms with van der Waals surface area (Å²) >= 11 is 1.40. The van der Waals surface area contributed by atoms with E-state index in [0.717, 1.165) is 35.4 Å². The molecule has 9 heteroatoms. The normalized spacial score (nSPS) is 10.9. The number of anilines is 1. The summed E-state index contributed by atoms with van der Waals surface area (Å²) in [6.07, 6.45) is 3.75. The molecule has 0 saturated carbocycles. The molecule has 3 rings (SSSR count). The predicted octanol–water partition coefficient (Wildman–Crippen LogP) is 5.74. The van der Waals surface area contributed by atoms with Crippen molar-refractivity contribution < 1.29 is 14.4 Å². The number of hydrogen-bond donors (Lipinski definition) is 1. The smallest absolute Gasteiger partial charge is 0.269 e. The maximum absolute atomic E-state index is 10.8. The van der Waals surface area contributed by atoms with E-state index < -0.39 is 4.92 Å². The van der Waals surface area contributed by atoms with Crippen molar-refractivity contribution in [3.63, 3.8) is 0 Å². The van der Waals surface area contributed by atoms with Crippen LogP contribution in [0.25, 0.3) is 11.3 Å². The summed E-state index contributed by atoms with van der Waals surface area (Å²) in [4.78, 5) is 14.8. The highest BCUT2D eigenvalue weighted by Crippen LogP contribution is 2.29. The molecule has 0 unspecified atom stereocenters. The molecular weight excluding hydrogens is 416 g/mol. The number of rotatable bonds is 11. The first-order valence-corrected chi connectivity index (χ1v) is 10.9. The highest BCUT2D eigenvalue weighted by molar-refractivity contribution is 7.14. The lowest BCUT2D eigenvalue weighted by atomic mass is 10.1. The van der Waals surface area contributed by atoms with E-state index in [2.05, 4.69) is 22.4 Å². The van der Waals surface area contributed by atoms with Gasteiger partial charge in [0.1, 0.15) is 0 Å². The van der Waals surface area contributed by atoms with E-state index in [0.29, 0.717) is 24.1 Å². The highest BCUT2D eigenvalue weighted by atomic mass is 32.1. The van der Waals surface area contributed by atoms with E-state index in [-0.39, 0.29) is 5.69 Å². The van der Waals surface area contributed by atoms with Gasteiger partial charge in [0.05, 0.1) is 30.0 Å². The molecule has 2 aromatic carbocycles. The van der Waals surface area contributed by atoms with E-state index >= 15 is 0 Å². The number of benzene rings is 2. The molecule has 8 nitrogen and oxygen atoms in total. The molecule has 0 saturated heterocycles. The van der Waals surface area contributed by atoms with Gasteiger partial charge in [0, 0.05) is 23.1 Å². The van der Waals surface area contributed by atoms with Crippen LogP contribution in [0.15, 0.2) is 52.9 Å². The third kappa shape index (κ3) is 6.26. The Labute approximate surface area is 184 Å². The van der Waals surface area contributed by atoms with Crippen LogP contribution in [0.4, 0.5) is 10.8 Å². The van der Waals surface area contributed by atoms with Gasteiger partial charge in [-0.2, -0.15) is 5.10 Å². The standard InChI is InChI=1S/C22H24N4O4S/c1-3-5-12-30-20-11-6-16(13-21(20)29-4-2)14-23-25-22-24-19(15-31-22)17-7-9-18(10-8-17)26(27)28/h6-11,13-15H,3-5,12H2,1-2H3,(H,24,25)/b23-14+. The van der Waals surface area contributed by atoms with Crippen molar-refractivity contribution in [3.05, 3.63) is 63.5 Å². The molecular formula is C22H24N4O4S. The van der Waals surface area contributed by atoms with Crippen molar-refractivity contribution in [1.29, 1.82) is 0 Å². The van der Waals surface area contributed by atoms with Crippen LogP contribution < -0.4 is 14.9 Å². The predicted molar refractivity (Wildman–Crippen MR) is 123 cm³/mol. The van der Waals surface area contributed by atoms with E-state index in [4.69, 9.17) is 9.47 Å². The second-order valence-electron chi connectivity index (χ2n) is 6.55. The molecule has 1 aromatic heterocycles. The molecule has 1 N–H and O–H groups in total. The highest BCUT2D eigenvalue weighted by Gasteiger charge is 2.08. The molecule has 0 amide bonds. The van der Waals surface area contributed by atoms with Gasteiger partial charge in [-0.15, -0.1) is 11.3 Å². The Kier molecular flexibility index (Phi) is 7.94. The van der Waals surface area contributed by atoms with Crippen LogP contribution in [0, 0.1) is 10.1 Å². The van der Waals surface area contributed by atoms with Crippen LogP contribution in [-0.2, 0) is 0 Å². The van der Waals surface area contributed by atoms with Gasteiger partial charge in [-0.3, -0.25) is 15.5 Å². The first kappa shape index (κ1) is 22.2. The first-order valence-electron chi connectivity index (χ1n) is 9.99. The Morgan fingerprint density at radius 2 is 1.97 bits per heavy atom. The lowest BCUT2D eigenvalue weighted by Gasteiger charge is -2.12. The zero-order valence-electron chi connectivity index (χ0n) is 17.4. The summed E-state index contributed by atoms with van der Waals surface area (Å²) in [7, 11) is 0. The first-order chi connectivity index (χ1) is 15.1. The van der Waals surface area contributed by atoms with Gasteiger partial charge >= 0.3 is 0 Å². The van der Waals surface area contributed by atoms with Crippen molar-refractivity contribution in [2.45, 2.75) is 26.7 Å². The van der Waals surface area contributed by atoms with Gasteiger partial charge in [0.2, 0.25) is 5.13 Å². The maximum atomic E-state index is 10.8. The Morgan fingerprint density at radius 1 is 1.16 bits per heavy atom. The number of nitrogens with zero attached hydrogens (tertiary/aromatic N) is 3. The topological polar surface area (TPSA) is 98.9 Å². The van der Waals surface area contributed by atoms with Gasteiger partial charge in [0.25, 0.3) is 5.69 Å². The maximum Gasteiger partial charge on any atom is 0.269 e. The molecule has 0 aliphatic heterocycles. The number of non-ortho nitro benzene ring substituents is 1. The van der Waals surface area contributed by atoms with Crippen LogP contribution in [0.1, 0.15) is 32.3 Å². The summed E-state index contributed by atoms with van der Waals surface area (Å²) in [5, 5.41) is 17.5. The number of hydrogen-bond acceptors (Lipinski definition) is 8. The minimum Gasteiger partial charge on any atom is -0.490 e. The van der Waals surface area contributed by atoms with E-state index in [1.807, 2.05) is 30.5 Å². The molecule has 0 aliphatic rings. The number of ether oxygens (including phenoxy) is 2. The molecule has 0 atom stereocenters. The number of aromatic nitrogens is 1. The Morgan fingerprint density at radius 3 is 2.68 bits per heavy atom. The summed E-state index contributed by atoms with van der Waals surface area (Å²) in [5.74, 6) is 1.42. The molecule has 0 aliphatic carbocycles. The van der Waals surface area contributed by atoms with Gasteiger partial charge < -0.3 is 9.47 Å². The summed E-state index contributed by atoms with van der Waals surface area (Å²) in [6.45, 7) is 5.26. The van der Waals surface area contributed by atoms with Crippen molar-refractivity contribution in [2.24, 2.45) is 5.10 Å². The number of unbranched alkanes of at least 4 members (excludes halogenated alkanes) is 1. The van der Waals surface area contributed by atoms with E-state index in [9.17, 15) is 10.1 Å². The van der Waals surface area contributed by atoms with E-state index in [1.165, 1.54) is 23.5 Å². The molecule has 0 bridgehead atoms. The van der Waals surface area contributed by atoms with Crippen molar-refractivity contribution in [1.82, 2.24) is 4.98 Å². The van der Waals surface area contributed by atoms with Crippen molar-refractivity contribution >= 4 is 28.4 Å². The average molecular weight is 441 g/mol. The molecule has 1 heterocycles. The van der Waals surface area contributed by atoms with Crippen molar-refractivity contribution in [3.8, 4) is 22.8 Å².